The first-order valence-electron chi connectivity index (χ1n) is 9.20. The minimum absolute atomic E-state index is 0.0525. The van der Waals surface area contributed by atoms with Gasteiger partial charge in [0.2, 0.25) is 5.43 Å². The molecule has 2 aromatic rings. The van der Waals surface area contributed by atoms with Crippen LogP contribution in [0.1, 0.15) is 39.8 Å². The van der Waals surface area contributed by atoms with Crippen molar-refractivity contribution in [1.29, 1.82) is 0 Å². The van der Waals surface area contributed by atoms with Crippen molar-refractivity contribution in [3.8, 4) is 5.75 Å². The van der Waals surface area contributed by atoms with E-state index in [1.54, 1.807) is 4.90 Å². The minimum atomic E-state index is -0.853. The van der Waals surface area contributed by atoms with Crippen molar-refractivity contribution in [3.05, 3.63) is 63.6 Å². The van der Waals surface area contributed by atoms with Crippen LogP contribution in [-0.4, -0.2) is 45.3 Å². The zero-order valence-corrected chi connectivity index (χ0v) is 15.4. The second-order valence-electron chi connectivity index (χ2n) is 7.07. The van der Waals surface area contributed by atoms with Gasteiger partial charge in [0.1, 0.15) is 5.56 Å². The van der Waals surface area contributed by atoms with Crippen LogP contribution in [0.15, 0.2) is 41.3 Å². The smallest absolute Gasteiger partial charge is 0.276 e. The Bertz CT molecular complexity index is 985. The van der Waals surface area contributed by atoms with E-state index in [1.165, 1.54) is 10.8 Å². The molecule has 1 saturated heterocycles. The van der Waals surface area contributed by atoms with Crippen molar-refractivity contribution in [2.24, 2.45) is 0 Å². The lowest BCUT2D eigenvalue weighted by Crippen LogP contribution is -2.57. The topological polar surface area (TPSA) is 101 Å². The lowest BCUT2D eigenvalue weighted by atomic mass is 10.1. The summed E-state index contributed by atoms with van der Waals surface area (Å²) in [5.74, 6) is -1.77. The van der Waals surface area contributed by atoms with E-state index in [0.717, 1.165) is 5.56 Å². The average Bonchev–Trinajstić information content (AvgIpc) is 2.69. The van der Waals surface area contributed by atoms with E-state index in [-0.39, 0.29) is 30.4 Å². The number of ether oxygens (including phenoxy) is 1. The highest BCUT2D eigenvalue weighted by Gasteiger charge is 2.40. The largest absolute Gasteiger partial charge is 0.503 e. The molecule has 4 rings (SSSR count). The van der Waals surface area contributed by atoms with Crippen molar-refractivity contribution in [2.75, 3.05) is 6.61 Å². The number of nitrogens with zero attached hydrogens (tertiary/aromatic N) is 2. The molecule has 1 aromatic heterocycles. The minimum Gasteiger partial charge on any atom is -0.503 e. The molecule has 8 heteroatoms. The molecule has 0 saturated carbocycles. The molecule has 0 radical (unpaired) electrons. The lowest BCUT2D eigenvalue weighted by Gasteiger charge is -2.44. The Balaban J connectivity index is 1.65. The van der Waals surface area contributed by atoms with Gasteiger partial charge in [0.25, 0.3) is 11.8 Å². The number of benzene rings is 1. The Morgan fingerprint density at radius 3 is 2.79 bits per heavy atom. The number of pyridine rings is 1. The first-order chi connectivity index (χ1) is 13.5. The molecular formula is C20H21N3O5. The molecule has 0 spiro atoms. The van der Waals surface area contributed by atoms with Crippen molar-refractivity contribution in [1.82, 2.24) is 14.8 Å². The Hall–Kier alpha value is -3.13. The number of hydrogen-bond donors (Lipinski definition) is 2. The zero-order chi connectivity index (χ0) is 19.8. The SMILES string of the molecule is CC1CCOC2Cn3cc(C(=O)NCc4ccccc4)c(=O)c(O)c3C(=O)N12. The average molecular weight is 383 g/mol. The fraction of sp³-hybridized carbons (Fsp3) is 0.350. The Kier molecular flexibility index (Phi) is 4.64. The summed E-state index contributed by atoms with van der Waals surface area (Å²) >= 11 is 0. The summed E-state index contributed by atoms with van der Waals surface area (Å²) in [4.78, 5) is 39.5. The molecule has 1 fully saturated rings. The van der Waals surface area contributed by atoms with Crippen LogP contribution in [0.5, 0.6) is 5.75 Å². The maximum absolute atomic E-state index is 12.9. The van der Waals surface area contributed by atoms with Crippen LogP contribution in [0.2, 0.25) is 0 Å². The molecular weight excluding hydrogens is 362 g/mol. The van der Waals surface area contributed by atoms with Crippen LogP contribution in [0.4, 0.5) is 0 Å². The van der Waals surface area contributed by atoms with E-state index in [2.05, 4.69) is 5.32 Å². The molecule has 0 aliphatic carbocycles. The standard InChI is InChI=1S/C20H21N3O5/c1-12-7-8-28-15-11-22-10-14(17(24)18(25)16(22)20(27)23(12)15)19(26)21-9-13-5-3-2-4-6-13/h2-6,10,12,15,25H,7-9,11H2,1H3,(H,21,26). The van der Waals surface area contributed by atoms with Crippen LogP contribution in [0.25, 0.3) is 0 Å². The normalized spacial score (nSPS) is 21.0. The van der Waals surface area contributed by atoms with E-state index in [4.69, 9.17) is 4.74 Å². The quantitative estimate of drug-likeness (QED) is 0.826. The second-order valence-corrected chi connectivity index (χ2v) is 7.07. The summed E-state index contributed by atoms with van der Waals surface area (Å²) in [6.07, 6.45) is 1.54. The fourth-order valence-corrected chi connectivity index (χ4v) is 3.69. The Morgan fingerprint density at radius 2 is 2.04 bits per heavy atom. The summed E-state index contributed by atoms with van der Waals surface area (Å²) in [6, 6.07) is 9.22. The molecule has 1 aromatic carbocycles. The highest BCUT2D eigenvalue weighted by molar-refractivity contribution is 5.99. The van der Waals surface area contributed by atoms with E-state index >= 15 is 0 Å². The van der Waals surface area contributed by atoms with E-state index in [9.17, 15) is 19.5 Å². The lowest BCUT2D eigenvalue weighted by molar-refractivity contribution is -0.112. The van der Waals surface area contributed by atoms with Gasteiger partial charge in [-0.25, -0.2) is 0 Å². The summed E-state index contributed by atoms with van der Waals surface area (Å²) in [5.41, 5.74) is -0.275. The van der Waals surface area contributed by atoms with Crippen LogP contribution in [0, 0.1) is 0 Å². The number of rotatable bonds is 3. The van der Waals surface area contributed by atoms with Crippen LogP contribution >= 0.6 is 0 Å². The summed E-state index contributed by atoms with van der Waals surface area (Å²) in [7, 11) is 0. The van der Waals surface area contributed by atoms with Crippen LogP contribution in [-0.2, 0) is 17.8 Å². The van der Waals surface area contributed by atoms with Crippen LogP contribution in [0.3, 0.4) is 0 Å². The maximum Gasteiger partial charge on any atom is 0.276 e. The van der Waals surface area contributed by atoms with Gasteiger partial charge >= 0.3 is 0 Å². The first-order valence-corrected chi connectivity index (χ1v) is 9.20. The van der Waals surface area contributed by atoms with E-state index < -0.39 is 29.2 Å². The Labute approximate surface area is 161 Å². The number of aromatic nitrogens is 1. The third-order valence-corrected chi connectivity index (χ3v) is 5.22. The molecule has 2 unspecified atom stereocenters. The first kappa shape index (κ1) is 18.2. The predicted octanol–water partition coefficient (Wildman–Crippen LogP) is 1.07. The van der Waals surface area contributed by atoms with Gasteiger partial charge in [-0.05, 0) is 18.9 Å². The van der Waals surface area contributed by atoms with Gasteiger partial charge in [-0.3, -0.25) is 14.4 Å². The third kappa shape index (κ3) is 3.05. The van der Waals surface area contributed by atoms with Crippen molar-refractivity contribution in [3.63, 3.8) is 0 Å². The number of carbonyl (C=O) groups is 2. The molecule has 2 amide bonds. The molecule has 28 heavy (non-hydrogen) atoms. The van der Waals surface area contributed by atoms with Crippen molar-refractivity contribution in [2.45, 2.75) is 38.7 Å². The summed E-state index contributed by atoms with van der Waals surface area (Å²) in [6.45, 7) is 2.93. The van der Waals surface area contributed by atoms with Gasteiger partial charge in [-0.15, -0.1) is 0 Å². The number of hydrogen-bond acceptors (Lipinski definition) is 5. The van der Waals surface area contributed by atoms with E-state index in [1.807, 2.05) is 37.3 Å². The molecule has 2 aliphatic heterocycles. The number of nitrogens with one attached hydrogen (secondary N) is 1. The molecule has 146 valence electrons. The van der Waals surface area contributed by atoms with Gasteiger partial charge in [-0.1, -0.05) is 30.3 Å². The Morgan fingerprint density at radius 1 is 1.29 bits per heavy atom. The molecule has 2 atom stereocenters. The number of amides is 2. The fourth-order valence-electron chi connectivity index (χ4n) is 3.69. The molecule has 8 nitrogen and oxygen atoms in total. The molecule has 3 heterocycles. The summed E-state index contributed by atoms with van der Waals surface area (Å²) < 4.78 is 7.12. The third-order valence-electron chi connectivity index (χ3n) is 5.22. The molecule has 2 N–H and O–H groups in total. The zero-order valence-electron chi connectivity index (χ0n) is 15.4. The maximum atomic E-state index is 12.9. The van der Waals surface area contributed by atoms with Gasteiger partial charge in [0, 0.05) is 18.8 Å². The molecule has 2 aliphatic rings. The number of aromatic hydroxyl groups is 1. The van der Waals surface area contributed by atoms with Crippen molar-refractivity contribution < 1.29 is 19.4 Å². The monoisotopic (exact) mass is 383 g/mol. The second kappa shape index (κ2) is 7.12. The number of carbonyl (C=O) groups excluding carboxylic acids is 2. The number of fused-ring (bicyclic) bond motifs is 2. The van der Waals surface area contributed by atoms with Gasteiger partial charge in [0.05, 0.1) is 13.2 Å². The van der Waals surface area contributed by atoms with E-state index in [0.29, 0.717) is 13.0 Å². The molecule has 0 bridgehead atoms. The van der Waals surface area contributed by atoms with Gasteiger partial charge in [0.15, 0.2) is 17.7 Å². The van der Waals surface area contributed by atoms with Gasteiger partial charge < -0.3 is 24.6 Å². The predicted molar refractivity (Wildman–Crippen MR) is 100.0 cm³/mol. The summed E-state index contributed by atoms with van der Waals surface area (Å²) in [5, 5.41) is 13.1. The highest BCUT2D eigenvalue weighted by Crippen LogP contribution is 2.29. The van der Waals surface area contributed by atoms with Crippen LogP contribution < -0.4 is 10.7 Å². The van der Waals surface area contributed by atoms with Crippen molar-refractivity contribution >= 4 is 11.8 Å². The highest BCUT2D eigenvalue weighted by atomic mass is 16.5. The van der Waals surface area contributed by atoms with Gasteiger partial charge in [-0.2, -0.15) is 0 Å².